The standard InChI is InChI=1S/C23H26N4O4/c1-3-30-20-10-6-18(7-11-20)23(28)27-14-12-26(13-15-27)16-21-24-22(25-31-21)17-4-8-19(29-2)9-5-17/h4-11H,3,12-16H2,1-2H3. The summed E-state index contributed by atoms with van der Waals surface area (Å²) in [5.74, 6) is 2.73. The van der Waals surface area contributed by atoms with E-state index in [4.69, 9.17) is 14.0 Å². The molecule has 0 atom stereocenters. The van der Waals surface area contributed by atoms with Crippen LogP contribution >= 0.6 is 0 Å². The van der Waals surface area contributed by atoms with E-state index in [1.807, 2.05) is 60.4 Å². The maximum atomic E-state index is 12.8. The molecule has 1 saturated heterocycles. The molecule has 0 N–H and O–H groups in total. The normalized spacial score (nSPS) is 14.5. The summed E-state index contributed by atoms with van der Waals surface area (Å²) in [4.78, 5) is 21.4. The molecule has 0 unspecified atom stereocenters. The van der Waals surface area contributed by atoms with Gasteiger partial charge in [-0.2, -0.15) is 4.98 Å². The lowest BCUT2D eigenvalue weighted by Gasteiger charge is -2.34. The second-order valence-corrected chi connectivity index (χ2v) is 7.27. The summed E-state index contributed by atoms with van der Waals surface area (Å²) in [5.41, 5.74) is 1.56. The van der Waals surface area contributed by atoms with Gasteiger partial charge in [-0.3, -0.25) is 9.69 Å². The number of amides is 1. The Morgan fingerprint density at radius 1 is 1.00 bits per heavy atom. The lowest BCUT2D eigenvalue weighted by molar-refractivity contribution is 0.0615. The van der Waals surface area contributed by atoms with Crippen molar-refractivity contribution in [2.45, 2.75) is 13.5 Å². The quantitative estimate of drug-likeness (QED) is 0.579. The van der Waals surface area contributed by atoms with Crippen molar-refractivity contribution in [1.82, 2.24) is 19.9 Å². The Bertz CT molecular complexity index is 993. The van der Waals surface area contributed by atoms with Gasteiger partial charge in [0.1, 0.15) is 11.5 Å². The van der Waals surface area contributed by atoms with Crippen molar-refractivity contribution < 1.29 is 18.8 Å². The predicted octanol–water partition coefficient (Wildman–Crippen LogP) is 3.10. The minimum Gasteiger partial charge on any atom is -0.497 e. The number of methoxy groups -OCH3 is 1. The maximum Gasteiger partial charge on any atom is 0.253 e. The van der Waals surface area contributed by atoms with Crippen LogP contribution in [-0.4, -0.2) is 65.7 Å². The minimum absolute atomic E-state index is 0.0438. The van der Waals surface area contributed by atoms with E-state index >= 15 is 0 Å². The van der Waals surface area contributed by atoms with E-state index in [1.165, 1.54) is 0 Å². The molecule has 3 aromatic rings. The topological polar surface area (TPSA) is 80.9 Å². The fourth-order valence-corrected chi connectivity index (χ4v) is 3.52. The summed E-state index contributed by atoms with van der Waals surface area (Å²) in [6, 6.07) is 14.8. The number of carbonyl (C=O) groups excluding carboxylic acids is 1. The van der Waals surface area contributed by atoms with Crippen molar-refractivity contribution in [2.75, 3.05) is 39.9 Å². The smallest absolute Gasteiger partial charge is 0.253 e. The van der Waals surface area contributed by atoms with E-state index in [0.717, 1.165) is 30.2 Å². The van der Waals surface area contributed by atoms with Gasteiger partial charge in [0, 0.05) is 37.3 Å². The van der Waals surface area contributed by atoms with E-state index in [0.29, 0.717) is 43.5 Å². The van der Waals surface area contributed by atoms with Gasteiger partial charge >= 0.3 is 0 Å². The third-order valence-electron chi connectivity index (χ3n) is 5.25. The average Bonchev–Trinajstić information content (AvgIpc) is 3.28. The van der Waals surface area contributed by atoms with Crippen molar-refractivity contribution in [2.24, 2.45) is 0 Å². The van der Waals surface area contributed by atoms with Crippen LogP contribution in [0.5, 0.6) is 11.5 Å². The first-order valence-corrected chi connectivity index (χ1v) is 10.4. The Morgan fingerprint density at radius 3 is 2.32 bits per heavy atom. The Morgan fingerprint density at radius 2 is 1.68 bits per heavy atom. The first-order chi connectivity index (χ1) is 15.2. The molecule has 1 fully saturated rings. The zero-order valence-corrected chi connectivity index (χ0v) is 17.8. The molecule has 4 rings (SSSR count). The Kier molecular flexibility index (Phi) is 6.47. The molecule has 0 spiro atoms. The first-order valence-electron chi connectivity index (χ1n) is 10.4. The number of rotatable bonds is 7. The second-order valence-electron chi connectivity index (χ2n) is 7.27. The number of ether oxygens (including phenoxy) is 2. The van der Waals surface area contributed by atoms with Gasteiger partial charge in [0.05, 0.1) is 20.3 Å². The van der Waals surface area contributed by atoms with E-state index in [-0.39, 0.29) is 5.91 Å². The monoisotopic (exact) mass is 422 g/mol. The fraction of sp³-hybridized carbons (Fsp3) is 0.348. The summed E-state index contributed by atoms with van der Waals surface area (Å²) in [6.07, 6.45) is 0. The molecule has 1 amide bonds. The first kappa shape index (κ1) is 20.9. The van der Waals surface area contributed by atoms with Gasteiger partial charge in [0.25, 0.3) is 5.91 Å². The van der Waals surface area contributed by atoms with Gasteiger partial charge in [-0.25, -0.2) is 0 Å². The van der Waals surface area contributed by atoms with E-state index in [2.05, 4.69) is 15.0 Å². The van der Waals surface area contributed by atoms with Gasteiger partial charge in [-0.15, -0.1) is 0 Å². The number of aromatic nitrogens is 2. The van der Waals surface area contributed by atoms with E-state index in [9.17, 15) is 4.79 Å². The van der Waals surface area contributed by atoms with Crippen molar-refractivity contribution in [3.63, 3.8) is 0 Å². The zero-order valence-electron chi connectivity index (χ0n) is 17.8. The highest BCUT2D eigenvalue weighted by Gasteiger charge is 2.23. The molecule has 1 aliphatic rings. The molecule has 0 saturated carbocycles. The van der Waals surface area contributed by atoms with Crippen LogP contribution in [0.15, 0.2) is 53.1 Å². The summed E-state index contributed by atoms with van der Waals surface area (Å²) < 4.78 is 16.0. The number of piperazine rings is 1. The minimum atomic E-state index is 0.0438. The molecule has 31 heavy (non-hydrogen) atoms. The molecule has 2 aromatic carbocycles. The largest absolute Gasteiger partial charge is 0.497 e. The van der Waals surface area contributed by atoms with Crippen LogP contribution in [0, 0.1) is 0 Å². The van der Waals surface area contributed by atoms with Gasteiger partial charge in [0.2, 0.25) is 11.7 Å². The van der Waals surface area contributed by atoms with Crippen molar-refractivity contribution >= 4 is 5.91 Å². The predicted molar refractivity (Wildman–Crippen MR) is 115 cm³/mol. The maximum absolute atomic E-state index is 12.8. The van der Waals surface area contributed by atoms with Crippen LogP contribution in [-0.2, 0) is 6.54 Å². The van der Waals surface area contributed by atoms with Crippen molar-refractivity contribution in [3.05, 3.63) is 60.0 Å². The molecule has 1 aliphatic heterocycles. The summed E-state index contributed by atoms with van der Waals surface area (Å²) in [5, 5.41) is 4.08. The number of hydrogen-bond donors (Lipinski definition) is 0. The molecule has 162 valence electrons. The molecule has 1 aromatic heterocycles. The van der Waals surface area contributed by atoms with Gasteiger partial charge < -0.3 is 18.9 Å². The lowest BCUT2D eigenvalue weighted by atomic mass is 10.1. The molecule has 0 radical (unpaired) electrons. The molecular weight excluding hydrogens is 396 g/mol. The van der Waals surface area contributed by atoms with Gasteiger partial charge in [-0.1, -0.05) is 5.16 Å². The summed E-state index contributed by atoms with van der Waals surface area (Å²) in [6.45, 7) is 5.93. The average molecular weight is 422 g/mol. The van der Waals surface area contributed by atoms with Crippen LogP contribution < -0.4 is 9.47 Å². The molecule has 0 aliphatic carbocycles. The lowest BCUT2D eigenvalue weighted by Crippen LogP contribution is -2.48. The molecule has 0 bridgehead atoms. The highest BCUT2D eigenvalue weighted by atomic mass is 16.5. The number of hydrogen-bond acceptors (Lipinski definition) is 7. The van der Waals surface area contributed by atoms with E-state index < -0.39 is 0 Å². The Hall–Kier alpha value is -3.39. The Balaban J connectivity index is 1.30. The third-order valence-corrected chi connectivity index (χ3v) is 5.25. The fourth-order valence-electron chi connectivity index (χ4n) is 3.52. The zero-order chi connectivity index (χ0) is 21.6. The van der Waals surface area contributed by atoms with Crippen LogP contribution in [0.1, 0.15) is 23.2 Å². The second kappa shape index (κ2) is 9.61. The van der Waals surface area contributed by atoms with Gasteiger partial charge in [0.15, 0.2) is 0 Å². The summed E-state index contributed by atoms with van der Waals surface area (Å²) >= 11 is 0. The van der Waals surface area contributed by atoms with Gasteiger partial charge in [-0.05, 0) is 55.5 Å². The number of benzene rings is 2. The van der Waals surface area contributed by atoms with Crippen LogP contribution in [0.4, 0.5) is 0 Å². The van der Waals surface area contributed by atoms with E-state index in [1.54, 1.807) is 7.11 Å². The number of nitrogens with zero attached hydrogens (tertiary/aromatic N) is 4. The van der Waals surface area contributed by atoms with Crippen LogP contribution in [0.25, 0.3) is 11.4 Å². The molecule has 2 heterocycles. The molecule has 8 heteroatoms. The molecule has 8 nitrogen and oxygen atoms in total. The van der Waals surface area contributed by atoms with Crippen molar-refractivity contribution in [1.29, 1.82) is 0 Å². The molecular formula is C23H26N4O4. The van der Waals surface area contributed by atoms with Crippen LogP contribution in [0.2, 0.25) is 0 Å². The highest BCUT2D eigenvalue weighted by Crippen LogP contribution is 2.20. The van der Waals surface area contributed by atoms with Crippen LogP contribution in [0.3, 0.4) is 0 Å². The Labute approximate surface area is 181 Å². The third kappa shape index (κ3) is 5.03. The van der Waals surface area contributed by atoms with Crippen molar-refractivity contribution in [3.8, 4) is 22.9 Å². The number of carbonyl (C=O) groups is 1. The SMILES string of the molecule is CCOc1ccc(C(=O)N2CCN(Cc3nc(-c4ccc(OC)cc4)no3)CC2)cc1. The summed E-state index contributed by atoms with van der Waals surface area (Å²) in [7, 11) is 1.63. The highest BCUT2D eigenvalue weighted by molar-refractivity contribution is 5.94.